The summed E-state index contributed by atoms with van der Waals surface area (Å²) in [7, 11) is 1.77. The van der Waals surface area contributed by atoms with E-state index in [0.29, 0.717) is 17.0 Å². The van der Waals surface area contributed by atoms with E-state index in [-0.39, 0.29) is 5.78 Å². The Morgan fingerprint density at radius 3 is 2.36 bits per heavy atom. The van der Waals surface area contributed by atoms with Crippen LogP contribution in [0.2, 0.25) is 0 Å². The van der Waals surface area contributed by atoms with E-state index in [2.05, 4.69) is 6.58 Å². The molecule has 4 heteroatoms. The van der Waals surface area contributed by atoms with E-state index < -0.39 is 12.1 Å². The van der Waals surface area contributed by atoms with Crippen LogP contribution in [0.25, 0.3) is 0 Å². The molecule has 0 amide bonds. The SMILES string of the molecule is C=CC(OC(C)=O)c1ccc(C(=O)c2ccc(C)cc2)n1C. The fourth-order valence-electron chi connectivity index (χ4n) is 2.30. The molecule has 1 aromatic heterocycles. The maximum absolute atomic E-state index is 12.6. The highest BCUT2D eigenvalue weighted by Gasteiger charge is 2.20. The number of carbonyl (C=O) groups excluding carboxylic acids is 2. The van der Waals surface area contributed by atoms with Crippen LogP contribution in [0.3, 0.4) is 0 Å². The smallest absolute Gasteiger partial charge is 0.303 e. The Kier molecular flexibility index (Phi) is 4.61. The zero-order chi connectivity index (χ0) is 16.3. The molecule has 0 radical (unpaired) electrons. The van der Waals surface area contributed by atoms with E-state index in [1.165, 1.54) is 13.0 Å². The molecule has 2 rings (SSSR count). The number of rotatable bonds is 5. The zero-order valence-corrected chi connectivity index (χ0v) is 13.0. The molecular weight excluding hydrogens is 278 g/mol. The summed E-state index contributed by atoms with van der Waals surface area (Å²) in [5, 5.41) is 0. The Bertz CT molecular complexity index is 710. The first-order valence-corrected chi connectivity index (χ1v) is 7.00. The second-order valence-corrected chi connectivity index (χ2v) is 5.16. The average Bonchev–Trinajstić information content (AvgIpc) is 2.86. The molecule has 0 N–H and O–H groups in total. The van der Waals surface area contributed by atoms with Gasteiger partial charge in [-0.05, 0) is 25.1 Å². The van der Waals surface area contributed by atoms with Gasteiger partial charge in [-0.25, -0.2) is 0 Å². The summed E-state index contributed by atoms with van der Waals surface area (Å²) in [6.07, 6.45) is 0.971. The molecule has 22 heavy (non-hydrogen) atoms. The molecule has 1 atom stereocenters. The Balaban J connectivity index is 2.34. The first-order chi connectivity index (χ1) is 10.4. The van der Waals surface area contributed by atoms with Crippen LogP contribution in [0.15, 0.2) is 49.1 Å². The third kappa shape index (κ3) is 3.17. The van der Waals surface area contributed by atoms with Crippen molar-refractivity contribution in [1.82, 2.24) is 4.57 Å². The van der Waals surface area contributed by atoms with Crippen LogP contribution in [-0.4, -0.2) is 16.3 Å². The minimum atomic E-state index is -0.568. The molecule has 0 aliphatic carbocycles. The molecule has 2 aromatic rings. The third-order valence-corrected chi connectivity index (χ3v) is 3.51. The normalized spacial score (nSPS) is 11.8. The maximum Gasteiger partial charge on any atom is 0.303 e. The summed E-state index contributed by atoms with van der Waals surface area (Å²) in [6.45, 7) is 7.00. The topological polar surface area (TPSA) is 48.3 Å². The van der Waals surface area contributed by atoms with Gasteiger partial charge in [0, 0.05) is 19.5 Å². The monoisotopic (exact) mass is 297 g/mol. The Hall–Kier alpha value is -2.62. The molecule has 0 saturated carbocycles. The standard InChI is InChI=1S/C18H19NO3/c1-5-17(22-13(3)20)15-10-11-16(19(15)4)18(21)14-8-6-12(2)7-9-14/h5-11,17H,1H2,2-4H3. The van der Waals surface area contributed by atoms with E-state index in [4.69, 9.17) is 4.74 Å². The minimum Gasteiger partial charge on any atom is -0.452 e. The summed E-state index contributed by atoms with van der Waals surface area (Å²) < 4.78 is 6.93. The van der Waals surface area contributed by atoms with Crippen LogP contribution >= 0.6 is 0 Å². The number of hydrogen-bond donors (Lipinski definition) is 0. The second-order valence-electron chi connectivity index (χ2n) is 5.16. The predicted molar refractivity (Wildman–Crippen MR) is 84.7 cm³/mol. The van der Waals surface area contributed by atoms with Crippen molar-refractivity contribution in [3.05, 3.63) is 71.6 Å². The summed E-state index contributed by atoms with van der Waals surface area (Å²) in [4.78, 5) is 23.7. The minimum absolute atomic E-state index is 0.0700. The number of aryl methyl sites for hydroxylation is 1. The molecule has 0 aliphatic heterocycles. The van der Waals surface area contributed by atoms with Gasteiger partial charge in [-0.15, -0.1) is 0 Å². The van der Waals surface area contributed by atoms with Gasteiger partial charge in [-0.1, -0.05) is 36.4 Å². The Labute approximate surface area is 130 Å². The second kappa shape index (κ2) is 6.43. The van der Waals surface area contributed by atoms with Gasteiger partial charge in [-0.3, -0.25) is 9.59 Å². The summed E-state index contributed by atoms with van der Waals surface area (Å²) in [5.74, 6) is -0.461. The summed E-state index contributed by atoms with van der Waals surface area (Å²) >= 11 is 0. The molecule has 1 unspecified atom stereocenters. The molecule has 0 spiro atoms. The highest BCUT2D eigenvalue weighted by Crippen LogP contribution is 2.22. The number of nitrogens with zero attached hydrogens (tertiary/aromatic N) is 1. The first kappa shape index (κ1) is 15.8. The van der Waals surface area contributed by atoms with Crippen molar-refractivity contribution < 1.29 is 14.3 Å². The van der Waals surface area contributed by atoms with Gasteiger partial charge in [0.25, 0.3) is 0 Å². The highest BCUT2D eigenvalue weighted by atomic mass is 16.5. The molecular formula is C18H19NO3. The quantitative estimate of drug-likeness (QED) is 0.483. The molecule has 114 valence electrons. The fourth-order valence-corrected chi connectivity index (χ4v) is 2.30. The van der Waals surface area contributed by atoms with Gasteiger partial charge >= 0.3 is 5.97 Å². The Morgan fingerprint density at radius 2 is 1.82 bits per heavy atom. The van der Waals surface area contributed by atoms with Crippen molar-refractivity contribution >= 4 is 11.8 Å². The summed E-state index contributed by atoms with van der Waals surface area (Å²) in [5.41, 5.74) is 2.98. The van der Waals surface area contributed by atoms with Gasteiger partial charge in [0.05, 0.1) is 11.4 Å². The van der Waals surface area contributed by atoms with Crippen LogP contribution < -0.4 is 0 Å². The Morgan fingerprint density at radius 1 is 1.18 bits per heavy atom. The summed E-state index contributed by atoms with van der Waals surface area (Å²) in [6, 6.07) is 10.9. The molecule has 0 fully saturated rings. The number of benzene rings is 1. The number of ether oxygens (including phenoxy) is 1. The lowest BCUT2D eigenvalue weighted by molar-refractivity contribution is -0.144. The average molecular weight is 297 g/mol. The van der Waals surface area contributed by atoms with Gasteiger partial charge in [0.1, 0.15) is 0 Å². The van der Waals surface area contributed by atoms with Crippen molar-refractivity contribution in [1.29, 1.82) is 0 Å². The van der Waals surface area contributed by atoms with Crippen LogP contribution in [0.4, 0.5) is 0 Å². The van der Waals surface area contributed by atoms with Crippen molar-refractivity contribution in [3.63, 3.8) is 0 Å². The van der Waals surface area contributed by atoms with Crippen LogP contribution in [0.1, 0.15) is 40.3 Å². The van der Waals surface area contributed by atoms with Crippen LogP contribution in [-0.2, 0) is 16.6 Å². The first-order valence-electron chi connectivity index (χ1n) is 7.00. The zero-order valence-electron chi connectivity index (χ0n) is 13.0. The number of carbonyl (C=O) groups is 2. The molecule has 4 nitrogen and oxygen atoms in total. The molecule has 1 aromatic carbocycles. The lowest BCUT2D eigenvalue weighted by Crippen LogP contribution is -2.13. The van der Waals surface area contributed by atoms with Crippen molar-refractivity contribution in [3.8, 4) is 0 Å². The number of esters is 1. The maximum atomic E-state index is 12.6. The number of aromatic nitrogens is 1. The van der Waals surface area contributed by atoms with Crippen LogP contribution in [0.5, 0.6) is 0 Å². The van der Waals surface area contributed by atoms with Crippen molar-refractivity contribution in [2.24, 2.45) is 7.05 Å². The molecule has 0 aliphatic rings. The molecule has 0 bridgehead atoms. The number of hydrogen-bond acceptors (Lipinski definition) is 3. The van der Waals surface area contributed by atoms with E-state index in [9.17, 15) is 9.59 Å². The van der Waals surface area contributed by atoms with Crippen LogP contribution in [0, 0.1) is 6.92 Å². The molecule has 0 saturated heterocycles. The predicted octanol–water partition coefficient (Wildman–Crippen LogP) is 3.35. The van der Waals surface area contributed by atoms with Gasteiger partial charge in [0.2, 0.25) is 5.78 Å². The van der Waals surface area contributed by atoms with E-state index in [1.54, 1.807) is 35.9 Å². The number of ketones is 1. The van der Waals surface area contributed by atoms with Crippen molar-refractivity contribution in [2.75, 3.05) is 0 Å². The largest absolute Gasteiger partial charge is 0.452 e. The lowest BCUT2D eigenvalue weighted by Gasteiger charge is -2.15. The van der Waals surface area contributed by atoms with E-state index >= 15 is 0 Å². The molecule has 1 heterocycles. The van der Waals surface area contributed by atoms with E-state index in [1.807, 2.05) is 19.1 Å². The third-order valence-electron chi connectivity index (χ3n) is 3.51. The lowest BCUT2D eigenvalue weighted by atomic mass is 10.1. The fraction of sp³-hybridized carbons (Fsp3) is 0.222. The van der Waals surface area contributed by atoms with Gasteiger partial charge < -0.3 is 9.30 Å². The van der Waals surface area contributed by atoms with E-state index in [0.717, 1.165) is 5.56 Å². The van der Waals surface area contributed by atoms with Gasteiger partial charge in [-0.2, -0.15) is 0 Å². The highest BCUT2D eigenvalue weighted by molar-refractivity contribution is 6.08. The van der Waals surface area contributed by atoms with Gasteiger partial charge in [0.15, 0.2) is 6.10 Å². The van der Waals surface area contributed by atoms with Crippen molar-refractivity contribution in [2.45, 2.75) is 20.0 Å².